The lowest BCUT2D eigenvalue weighted by Crippen LogP contribution is -1.90. The van der Waals surface area contributed by atoms with Gasteiger partial charge in [-0.25, -0.2) is 4.98 Å². The van der Waals surface area contributed by atoms with Gasteiger partial charge in [0.15, 0.2) is 28.6 Å². The van der Waals surface area contributed by atoms with Crippen LogP contribution in [0.1, 0.15) is 0 Å². The van der Waals surface area contributed by atoms with Gasteiger partial charge in [-0.3, -0.25) is 0 Å². The molecule has 0 bridgehead atoms. The Labute approximate surface area is 133 Å². The summed E-state index contributed by atoms with van der Waals surface area (Å²) in [7, 11) is 6.34. The van der Waals surface area contributed by atoms with Crippen LogP contribution in [0, 0.1) is 0 Å². The molecule has 0 aliphatic heterocycles. The van der Waals surface area contributed by atoms with Gasteiger partial charge in [0.05, 0.1) is 28.4 Å². The lowest BCUT2D eigenvalue weighted by atomic mass is 10.2. The summed E-state index contributed by atoms with van der Waals surface area (Å²) < 4.78 is 26.9. The second kappa shape index (κ2) is 6.08. The maximum absolute atomic E-state index is 5.83. The summed E-state index contributed by atoms with van der Waals surface area (Å²) in [6.45, 7) is 0. The molecule has 0 unspecified atom stereocenters. The monoisotopic (exact) mass is 315 g/mol. The minimum atomic E-state index is 0.483. The summed E-state index contributed by atoms with van der Waals surface area (Å²) in [6, 6.07) is 9.02. The van der Waals surface area contributed by atoms with Gasteiger partial charge >= 0.3 is 0 Å². The highest BCUT2D eigenvalue weighted by Crippen LogP contribution is 2.36. The number of ether oxygens (including phenoxy) is 4. The third-order valence-corrected chi connectivity index (χ3v) is 3.52. The van der Waals surface area contributed by atoms with Crippen LogP contribution in [0.25, 0.3) is 22.6 Å². The molecule has 2 aromatic carbocycles. The standard InChI is InChI=1S/C17H17NO5/c1-19-12-6-5-10(7-14(12)20-2)17-18-11-8-15(21-3)16(22-4)9-13(11)23-17/h5-9H,1-4H3. The van der Waals surface area contributed by atoms with Crippen LogP contribution in [0.4, 0.5) is 0 Å². The number of methoxy groups -OCH3 is 4. The van der Waals surface area contributed by atoms with Crippen molar-refractivity contribution in [2.45, 2.75) is 0 Å². The molecule has 1 aromatic heterocycles. The van der Waals surface area contributed by atoms with Gasteiger partial charge in [0.25, 0.3) is 0 Å². The second-order valence-corrected chi connectivity index (χ2v) is 4.76. The fourth-order valence-corrected chi connectivity index (χ4v) is 2.35. The quantitative estimate of drug-likeness (QED) is 0.718. The molecule has 0 radical (unpaired) electrons. The Morgan fingerprint density at radius 3 is 2.00 bits per heavy atom. The normalized spacial score (nSPS) is 10.6. The summed E-state index contributed by atoms with van der Waals surface area (Å²) in [5, 5.41) is 0. The SMILES string of the molecule is COc1ccc(-c2nc3cc(OC)c(OC)cc3o2)cc1OC. The molecule has 0 atom stereocenters. The van der Waals surface area contributed by atoms with Crippen LogP contribution in [0.2, 0.25) is 0 Å². The van der Waals surface area contributed by atoms with Crippen LogP contribution in [0.15, 0.2) is 34.7 Å². The first-order valence-electron chi connectivity index (χ1n) is 6.95. The summed E-state index contributed by atoms with van der Waals surface area (Å²) >= 11 is 0. The fourth-order valence-electron chi connectivity index (χ4n) is 2.35. The van der Waals surface area contributed by atoms with Crippen LogP contribution in [0.5, 0.6) is 23.0 Å². The van der Waals surface area contributed by atoms with E-state index in [1.165, 1.54) is 0 Å². The van der Waals surface area contributed by atoms with Crippen molar-refractivity contribution in [2.24, 2.45) is 0 Å². The number of nitrogens with zero attached hydrogens (tertiary/aromatic N) is 1. The molecule has 6 nitrogen and oxygen atoms in total. The third-order valence-electron chi connectivity index (χ3n) is 3.52. The van der Waals surface area contributed by atoms with Crippen LogP contribution in [0.3, 0.4) is 0 Å². The van der Waals surface area contributed by atoms with Crippen molar-refractivity contribution in [1.29, 1.82) is 0 Å². The Morgan fingerprint density at radius 2 is 1.35 bits per heavy atom. The molecule has 3 rings (SSSR count). The molecule has 0 saturated heterocycles. The van der Waals surface area contributed by atoms with E-state index in [1.54, 1.807) is 40.6 Å². The minimum absolute atomic E-state index is 0.483. The van der Waals surface area contributed by atoms with Crippen LogP contribution < -0.4 is 18.9 Å². The Hall–Kier alpha value is -2.89. The van der Waals surface area contributed by atoms with Gasteiger partial charge in [-0.15, -0.1) is 0 Å². The highest BCUT2D eigenvalue weighted by atomic mass is 16.5. The lowest BCUT2D eigenvalue weighted by Gasteiger charge is -2.07. The average Bonchev–Trinajstić information content (AvgIpc) is 3.02. The largest absolute Gasteiger partial charge is 0.493 e. The first-order valence-corrected chi connectivity index (χ1v) is 6.95. The first kappa shape index (κ1) is 15.0. The van der Waals surface area contributed by atoms with E-state index in [1.807, 2.05) is 18.2 Å². The van der Waals surface area contributed by atoms with E-state index in [0.717, 1.165) is 5.56 Å². The Kier molecular flexibility index (Phi) is 3.97. The zero-order valence-corrected chi connectivity index (χ0v) is 13.4. The molecular formula is C17H17NO5. The molecule has 0 aliphatic carbocycles. The lowest BCUT2D eigenvalue weighted by molar-refractivity contribution is 0.355. The van der Waals surface area contributed by atoms with E-state index in [9.17, 15) is 0 Å². The summed E-state index contributed by atoms with van der Waals surface area (Å²) in [6.07, 6.45) is 0. The fraction of sp³-hybridized carbons (Fsp3) is 0.235. The molecule has 0 spiro atoms. The molecule has 0 fully saturated rings. The molecule has 0 N–H and O–H groups in total. The predicted molar refractivity (Wildman–Crippen MR) is 85.7 cm³/mol. The van der Waals surface area contributed by atoms with Crippen molar-refractivity contribution in [3.05, 3.63) is 30.3 Å². The van der Waals surface area contributed by atoms with Gasteiger partial charge in [0.1, 0.15) is 5.52 Å². The highest BCUT2D eigenvalue weighted by molar-refractivity contribution is 5.80. The maximum atomic E-state index is 5.83. The number of benzene rings is 2. The first-order chi connectivity index (χ1) is 11.2. The number of hydrogen-bond acceptors (Lipinski definition) is 6. The minimum Gasteiger partial charge on any atom is -0.493 e. The van der Waals surface area contributed by atoms with E-state index in [-0.39, 0.29) is 0 Å². The van der Waals surface area contributed by atoms with Crippen molar-refractivity contribution in [2.75, 3.05) is 28.4 Å². The molecule has 120 valence electrons. The summed E-state index contributed by atoms with van der Waals surface area (Å²) in [5.74, 6) is 2.94. The van der Waals surface area contributed by atoms with Crippen molar-refractivity contribution < 1.29 is 23.4 Å². The zero-order valence-electron chi connectivity index (χ0n) is 13.4. The van der Waals surface area contributed by atoms with Crippen LogP contribution >= 0.6 is 0 Å². The van der Waals surface area contributed by atoms with Gasteiger partial charge in [-0.05, 0) is 18.2 Å². The molecule has 0 aliphatic rings. The molecular weight excluding hydrogens is 298 g/mol. The van der Waals surface area contributed by atoms with Gasteiger partial charge in [-0.2, -0.15) is 0 Å². The number of fused-ring (bicyclic) bond motifs is 1. The van der Waals surface area contributed by atoms with Crippen molar-refractivity contribution in [3.63, 3.8) is 0 Å². The van der Waals surface area contributed by atoms with E-state index in [2.05, 4.69) is 4.98 Å². The van der Waals surface area contributed by atoms with Gasteiger partial charge in [0.2, 0.25) is 5.89 Å². The molecule has 0 amide bonds. The zero-order chi connectivity index (χ0) is 16.4. The van der Waals surface area contributed by atoms with Gasteiger partial charge in [-0.1, -0.05) is 0 Å². The van der Waals surface area contributed by atoms with E-state index in [0.29, 0.717) is 40.0 Å². The Bertz CT molecular complexity index is 799. The number of hydrogen-bond donors (Lipinski definition) is 0. The topological polar surface area (TPSA) is 63.0 Å². The summed E-state index contributed by atoms with van der Waals surface area (Å²) in [4.78, 5) is 4.50. The van der Waals surface area contributed by atoms with E-state index < -0.39 is 0 Å². The maximum Gasteiger partial charge on any atom is 0.227 e. The molecule has 0 saturated carbocycles. The molecule has 6 heteroatoms. The van der Waals surface area contributed by atoms with Crippen molar-refractivity contribution in [3.8, 4) is 34.5 Å². The predicted octanol–water partition coefficient (Wildman–Crippen LogP) is 3.53. The Balaban J connectivity index is 2.10. The van der Waals surface area contributed by atoms with E-state index in [4.69, 9.17) is 23.4 Å². The smallest absolute Gasteiger partial charge is 0.227 e. The Morgan fingerprint density at radius 1 is 0.739 bits per heavy atom. The van der Waals surface area contributed by atoms with Crippen LogP contribution in [-0.2, 0) is 0 Å². The third kappa shape index (κ3) is 2.63. The van der Waals surface area contributed by atoms with Gasteiger partial charge in [0, 0.05) is 17.7 Å². The van der Waals surface area contributed by atoms with Crippen LogP contribution in [-0.4, -0.2) is 33.4 Å². The number of oxazole rings is 1. The van der Waals surface area contributed by atoms with Crippen molar-refractivity contribution in [1.82, 2.24) is 4.98 Å². The molecule has 1 heterocycles. The average molecular weight is 315 g/mol. The highest BCUT2D eigenvalue weighted by Gasteiger charge is 2.15. The second-order valence-electron chi connectivity index (χ2n) is 4.76. The van der Waals surface area contributed by atoms with Crippen molar-refractivity contribution >= 4 is 11.1 Å². The van der Waals surface area contributed by atoms with Gasteiger partial charge < -0.3 is 23.4 Å². The number of aromatic nitrogens is 1. The summed E-state index contributed by atoms with van der Waals surface area (Å²) in [5.41, 5.74) is 2.09. The molecule has 3 aromatic rings. The van der Waals surface area contributed by atoms with E-state index >= 15 is 0 Å². The number of rotatable bonds is 5. The molecule has 23 heavy (non-hydrogen) atoms.